The van der Waals surface area contributed by atoms with Gasteiger partial charge < -0.3 is 5.73 Å². The molecule has 0 atom stereocenters. The highest BCUT2D eigenvalue weighted by molar-refractivity contribution is 7.89. The van der Waals surface area contributed by atoms with E-state index >= 15 is 0 Å². The van der Waals surface area contributed by atoms with E-state index in [1.807, 2.05) is 0 Å². The SMILES string of the molecule is CCS(=O)(=O)NCc1ccc(N)cc1. The Kier molecular flexibility index (Phi) is 3.49. The van der Waals surface area contributed by atoms with Crippen LogP contribution in [0.2, 0.25) is 0 Å². The number of sulfonamides is 1. The van der Waals surface area contributed by atoms with Crippen LogP contribution >= 0.6 is 0 Å². The number of hydrogen-bond acceptors (Lipinski definition) is 3. The molecule has 3 N–H and O–H groups in total. The molecule has 4 nitrogen and oxygen atoms in total. The number of nitrogens with one attached hydrogen (secondary N) is 1. The minimum Gasteiger partial charge on any atom is -0.399 e. The Morgan fingerprint density at radius 1 is 1.29 bits per heavy atom. The molecule has 1 rings (SSSR count). The van der Waals surface area contributed by atoms with Crippen molar-refractivity contribution in [1.82, 2.24) is 4.72 Å². The summed E-state index contributed by atoms with van der Waals surface area (Å²) in [5.74, 6) is 0.0992. The Hall–Kier alpha value is -1.07. The molecule has 0 spiro atoms. The lowest BCUT2D eigenvalue weighted by atomic mass is 10.2. The predicted molar refractivity (Wildman–Crippen MR) is 57.2 cm³/mol. The molecule has 5 heteroatoms. The molecule has 0 amide bonds. The van der Waals surface area contributed by atoms with Crippen molar-refractivity contribution in [3.8, 4) is 0 Å². The number of hydrogen-bond donors (Lipinski definition) is 2. The first-order valence-electron chi connectivity index (χ1n) is 4.35. The Morgan fingerprint density at radius 2 is 1.86 bits per heavy atom. The molecule has 0 heterocycles. The normalized spacial score (nSPS) is 11.5. The van der Waals surface area contributed by atoms with Crippen molar-refractivity contribution < 1.29 is 8.42 Å². The maximum Gasteiger partial charge on any atom is 0.211 e. The van der Waals surface area contributed by atoms with Gasteiger partial charge in [0.1, 0.15) is 0 Å². The van der Waals surface area contributed by atoms with Gasteiger partial charge in [0.25, 0.3) is 0 Å². The van der Waals surface area contributed by atoms with Crippen LogP contribution in [-0.2, 0) is 16.6 Å². The fourth-order valence-electron chi connectivity index (χ4n) is 0.931. The van der Waals surface area contributed by atoms with Gasteiger partial charge in [-0.25, -0.2) is 13.1 Å². The Morgan fingerprint density at radius 3 is 2.36 bits per heavy atom. The zero-order chi connectivity index (χ0) is 10.6. The van der Waals surface area contributed by atoms with Gasteiger partial charge in [0.15, 0.2) is 0 Å². The molecular weight excluding hydrogens is 200 g/mol. The van der Waals surface area contributed by atoms with Crippen LogP contribution in [-0.4, -0.2) is 14.2 Å². The highest BCUT2D eigenvalue weighted by Crippen LogP contribution is 2.05. The number of benzene rings is 1. The molecule has 0 saturated heterocycles. The molecule has 14 heavy (non-hydrogen) atoms. The van der Waals surface area contributed by atoms with Crippen LogP contribution in [0.5, 0.6) is 0 Å². The second-order valence-electron chi connectivity index (χ2n) is 2.97. The molecule has 0 saturated carbocycles. The number of nitrogens with two attached hydrogens (primary N) is 1. The smallest absolute Gasteiger partial charge is 0.211 e. The molecule has 1 aromatic rings. The first-order chi connectivity index (χ1) is 6.53. The summed E-state index contributed by atoms with van der Waals surface area (Å²) >= 11 is 0. The maximum atomic E-state index is 11.1. The number of anilines is 1. The van der Waals surface area contributed by atoms with Gasteiger partial charge in [0.2, 0.25) is 10.0 Å². The standard InChI is InChI=1S/C9H14N2O2S/c1-2-14(12,13)11-7-8-3-5-9(10)6-4-8/h3-6,11H,2,7,10H2,1H3. The van der Waals surface area contributed by atoms with Crippen LogP contribution < -0.4 is 10.5 Å². The van der Waals surface area contributed by atoms with E-state index in [0.29, 0.717) is 12.2 Å². The summed E-state index contributed by atoms with van der Waals surface area (Å²) < 4.78 is 24.7. The lowest BCUT2D eigenvalue weighted by molar-refractivity contribution is 0.582. The summed E-state index contributed by atoms with van der Waals surface area (Å²) in [5.41, 5.74) is 7.07. The van der Waals surface area contributed by atoms with Crippen LogP contribution in [0.4, 0.5) is 5.69 Å². The zero-order valence-electron chi connectivity index (χ0n) is 8.03. The van der Waals surface area contributed by atoms with Crippen LogP contribution in [0.1, 0.15) is 12.5 Å². The number of rotatable bonds is 4. The second-order valence-corrected chi connectivity index (χ2v) is 5.06. The van der Waals surface area contributed by atoms with E-state index < -0.39 is 10.0 Å². The minimum absolute atomic E-state index is 0.0992. The van der Waals surface area contributed by atoms with Gasteiger partial charge in [-0.1, -0.05) is 12.1 Å². The topological polar surface area (TPSA) is 72.2 Å². The van der Waals surface area contributed by atoms with Crippen molar-refractivity contribution in [1.29, 1.82) is 0 Å². The van der Waals surface area contributed by atoms with Gasteiger partial charge in [-0.2, -0.15) is 0 Å². The van der Waals surface area contributed by atoms with E-state index in [-0.39, 0.29) is 5.75 Å². The van der Waals surface area contributed by atoms with Crippen molar-refractivity contribution in [3.05, 3.63) is 29.8 Å². The average molecular weight is 214 g/mol. The van der Waals surface area contributed by atoms with Crippen molar-refractivity contribution >= 4 is 15.7 Å². The van der Waals surface area contributed by atoms with Crippen LogP contribution in [0, 0.1) is 0 Å². The third-order valence-electron chi connectivity index (χ3n) is 1.86. The predicted octanol–water partition coefficient (Wildman–Crippen LogP) is 0.708. The lowest BCUT2D eigenvalue weighted by Gasteiger charge is -2.04. The third kappa shape index (κ3) is 3.35. The van der Waals surface area contributed by atoms with E-state index in [9.17, 15) is 8.42 Å². The Labute approximate surface area is 84.2 Å². The summed E-state index contributed by atoms with van der Waals surface area (Å²) in [6.07, 6.45) is 0. The second kappa shape index (κ2) is 4.43. The summed E-state index contributed by atoms with van der Waals surface area (Å²) in [4.78, 5) is 0. The van der Waals surface area contributed by atoms with Crippen molar-refractivity contribution in [3.63, 3.8) is 0 Å². The van der Waals surface area contributed by atoms with Gasteiger partial charge in [-0.05, 0) is 24.6 Å². The largest absolute Gasteiger partial charge is 0.399 e. The summed E-state index contributed by atoms with van der Waals surface area (Å²) in [5, 5.41) is 0. The molecule has 0 radical (unpaired) electrons. The van der Waals surface area contributed by atoms with E-state index in [2.05, 4.69) is 4.72 Å². The summed E-state index contributed by atoms with van der Waals surface area (Å²) in [6, 6.07) is 7.09. The molecular formula is C9H14N2O2S. The lowest BCUT2D eigenvalue weighted by Crippen LogP contribution is -2.24. The van der Waals surface area contributed by atoms with E-state index in [0.717, 1.165) is 5.56 Å². The molecule has 1 aromatic carbocycles. The monoisotopic (exact) mass is 214 g/mol. The molecule has 78 valence electrons. The van der Waals surface area contributed by atoms with E-state index in [1.54, 1.807) is 31.2 Å². The maximum absolute atomic E-state index is 11.1. The highest BCUT2D eigenvalue weighted by Gasteiger charge is 2.04. The molecule has 0 bridgehead atoms. The van der Waals surface area contributed by atoms with Gasteiger partial charge in [0.05, 0.1) is 5.75 Å². The fraction of sp³-hybridized carbons (Fsp3) is 0.333. The highest BCUT2D eigenvalue weighted by atomic mass is 32.2. The van der Waals surface area contributed by atoms with Gasteiger partial charge >= 0.3 is 0 Å². The Balaban J connectivity index is 2.59. The summed E-state index contributed by atoms with van der Waals surface area (Å²) in [7, 11) is -3.11. The summed E-state index contributed by atoms with van der Waals surface area (Å²) in [6.45, 7) is 1.92. The molecule has 0 unspecified atom stereocenters. The average Bonchev–Trinajstić information content (AvgIpc) is 2.17. The molecule has 0 aliphatic rings. The van der Waals surface area contributed by atoms with Gasteiger partial charge in [0, 0.05) is 12.2 Å². The van der Waals surface area contributed by atoms with Crippen LogP contribution in [0.3, 0.4) is 0 Å². The van der Waals surface area contributed by atoms with Crippen molar-refractivity contribution in [2.45, 2.75) is 13.5 Å². The van der Waals surface area contributed by atoms with E-state index in [1.165, 1.54) is 0 Å². The minimum atomic E-state index is -3.11. The zero-order valence-corrected chi connectivity index (χ0v) is 8.84. The molecule has 0 aliphatic heterocycles. The first kappa shape index (κ1) is 11.0. The van der Waals surface area contributed by atoms with Gasteiger partial charge in [-0.3, -0.25) is 0 Å². The van der Waals surface area contributed by atoms with Gasteiger partial charge in [-0.15, -0.1) is 0 Å². The van der Waals surface area contributed by atoms with Crippen molar-refractivity contribution in [2.24, 2.45) is 0 Å². The molecule has 0 fully saturated rings. The van der Waals surface area contributed by atoms with Crippen molar-refractivity contribution in [2.75, 3.05) is 11.5 Å². The third-order valence-corrected chi connectivity index (χ3v) is 3.20. The van der Waals surface area contributed by atoms with Crippen LogP contribution in [0.25, 0.3) is 0 Å². The molecule has 0 aliphatic carbocycles. The fourth-order valence-corrected chi connectivity index (χ4v) is 1.52. The first-order valence-corrected chi connectivity index (χ1v) is 6.00. The van der Waals surface area contributed by atoms with E-state index in [4.69, 9.17) is 5.73 Å². The Bertz CT molecular complexity index is 384. The van der Waals surface area contributed by atoms with Crippen LogP contribution in [0.15, 0.2) is 24.3 Å². The molecule has 0 aromatic heterocycles. The quantitative estimate of drug-likeness (QED) is 0.725. The number of nitrogen functional groups attached to an aromatic ring is 1.